The third-order valence-corrected chi connectivity index (χ3v) is 5.89. The minimum Gasteiger partial charge on any atom is -0.489 e. The standard InChI is InChI=1S/C20H23ClN2O5S/c1-3-13(2)28-16-5-4-14(10-15(16)21)11-17-19(25)23(20(26)29-17)12-18(24)22-6-8-27-9-7-22/h4-5,10-11,13H,3,6-9,12H2,1-2H3/b17-11+/t13-/m1/s1. The zero-order chi connectivity index (χ0) is 21.0. The zero-order valence-corrected chi connectivity index (χ0v) is 17.9. The van der Waals surface area contributed by atoms with Gasteiger partial charge in [0.05, 0.1) is 29.2 Å². The highest BCUT2D eigenvalue weighted by molar-refractivity contribution is 8.18. The number of nitrogens with zero attached hydrogens (tertiary/aromatic N) is 2. The second kappa shape index (κ2) is 9.65. The molecule has 2 heterocycles. The summed E-state index contributed by atoms with van der Waals surface area (Å²) in [6, 6.07) is 5.20. The number of hydrogen-bond donors (Lipinski definition) is 0. The molecule has 1 atom stereocenters. The van der Waals surface area contributed by atoms with E-state index in [0.717, 1.165) is 23.1 Å². The SMILES string of the molecule is CC[C@@H](C)Oc1ccc(/C=C2/SC(=O)N(CC(=O)N3CCOCC3)C2=O)cc1Cl. The third-order valence-electron chi connectivity index (χ3n) is 4.69. The second-order valence-electron chi connectivity index (χ2n) is 6.79. The predicted octanol–water partition coefficient (Wildman–Crippen LogP) is 3.41. The van der Waals surface area contributed by atoms with E-state index < -0.39 is 11.1 Å². The second-order valence-corrected chi connectivity index (χ2v) is 8.19. The van der Waals surface area contributed by atoms with Gasteiger partial charge in [0.25, 0.3) is 11.1 Å². The Kier molecular flexibility index (Phi) is 7.21. The zero-order valence-electron chi connectivity index (χ0n) is 16.4. The van der Waals surface area contributed by atoms with Crippen LogP contribution in [0.2, 0.25) is 5.02 Å². The van der Waals surface area contributed by atoms with E-state index in [2.05, 4.69) is 0 Å². The van der Waals surface area contributed by atoms with Gasteiger partial charge in [-0.05, 0) is 48.9 Å². The number of imide groups is 1. The fraction of sp³-hybridized carbons (Fsp3) is 0.450. The van der Waals surface area contributed by atoms with E-state index in [1.807, 2.05) is 13.8 Å². The molecular weight excluding hydrogens is 416 g/mol. The minimum atomic E-state index is -0.474. The molecular formula is C20H23ClN2O5S. The predicted molar refractivity (Wildman–Crippen MR) is 112 cm³/mol. The van der Waals surface area contributed by atoms with Crippen molar-refractivity contribution in [2.24, 2.45) is 0 Å². The number of benzene rings is 1. The average molecular weight is 439 g/mol. The van der Waals surface area contributed by atoms with E-state index in [-0.39, 0.29) is 23.5 Å². The number of halogens is 1. The molecule has 9 heteroatoms. The van der Waals surface area contributed by atoms with Crippen LogP contribution in [0.25, 0.3) is 6.08 Å². The molecule has 0 N–H and O–H groups in total. The molecule has 2 aliphatic heterocycles. The number of ether oxygens (including phenoxy) is 2. The van der Waals surface area contributed by atoms with Crippen molar-refractivity contribution >= 4 is 46.5 Å². The Morgan fingerprint density at radius 3 is 2.72 bits per heavy atom. The molecule has 1 aromatic rings. The quantitative estimate of drug-likeness (QED) is 0.633. The summed E-state index contributed by atoms with van der Waals surface area (Å²) in [5, 5.41) is -0.0218. The van der Waals surface area contributed by atoms with E-state index in [9.17, 15) is 14.4 Å². The van der Waals surface area contributed by atoms with Gasteiger partial charge >= 0.3 is 0 Å². The maximum absolute atomic E-state index is 12.6. The first-order valence-corrected chi connectivity index (χ1v) is 10.7. The Bertz CT molecular complexity index is 838. The van der Waals surface area contributed by atoms with Crippen LogP contribution in [0.1, 0.15) is 25.8 Å². The fourth-order valence-electron chi connectivity index (χ4n) is 2.84. The highest BCUT2D eigenvalue weighted by Crippen LogP contribution is 2.34. The molecule has 2 aliphatic rings. The topological polar surface area (TPSA) is 76.2 Å². The highest BCUT2D eigenvalue weighted by atomic mass is 35.5. The first-order chi connectivity index (χ1) is 13.9. The van der Waals surface area contributed by atoms with Crippen LogP contribution in [0.3, 0.4) is 0 Å². The van der Waals surface area contributed by atoms with Crippen molar-refractivity contribution in [3.05, 3.63) is 33.7 Å². The van der Waals surface area contributed by atoms with Gasteiger partial charge < -0.3 is 14.4 Å². The van der Waals surface area contributed by atoms with Crippen molar-refractivity contribution < 1.29 is 23.9 Å². The van der Waals surface area contributed by atoms with Crippen LogP contribution in [-0.4, -0.2) is 65.8 Å². The van der Waals surface area contributed by atoms with Gasteiger partial charge in [0.1, 0.15) is 12.3 Å². The van der Waals surface area contributed by atoms with Crippen molar-refractivity contribution in [1.29, 1.82) is 0 Å². The largest absolute Gasteiger partial charge is 0.489 e. The molecule has 0 aliphatic carbocycles. The van der Waals surface area contributed by atoms with Crippen molar-refractivity contribution in [3.8, 4) is 5.75 Å². The molecule has 0 unspecified atom stereocenters. The lowest BCUT2D eigenvalue weighted by Gasteiger charge is -2.28. The van der Waals surface area contributed by atoms with E-state index in [0.29, 0.717) is 42.6 Å². The lowest BCUT2D eigenvalue weighted by atomic mass is 10.2. The van der Waals surface area contributed by atoms with E-state index in [1.165, 1.54) is 0 Å². The molecule has 0 bridgehead atoms. The van der Waals surface area contributed by atoms with Crippen LogP contribution in [0, 0.1) is 0 Å². The molecule has 0 saturated carbocycles. The number of carbonyl (C=O) groups excluding carboxylic acids is 3. The van der Waals surface area contributed by atoms with Crippen molar-refractivity contribution in [3.63, 3.8) is 0 Å². The van der Waals surface area contributed by atoms with E-state index in [4.69, 9.17) is 21.1 Å². The average Bonchev–Trinajstić information content (AvgIpc) is 2.97. The molecule has 3 amide bonds. The van der Waals surface area contributed by atoms with Gasteiger partial charge in [-0.3, -0.25) is 19.3 Å². The van der Waals surface area contributed by atoms with Gasteiger partial charge in [-0.2, -0.15) is 0 Å². The lowest BCUT2D eigenvalue weighted by Crippen LogP contribution is -2.46. The van der Waals surface area contributed by atoms with Crippen LogP contribution in [0.5, 0.6) is 5.75 Å². The Labute approximate surface area is 178 Å². The first-order valence-electron chi connectivity index (χ1n) is 9.46. The van der Waals surface area contributed by atoms with Gasteiger partial charge in [-0.25, -0.2) is 0 Å². The van der Waals surface area contributed by atoms with Crippen molar-refractivity contribution in [1.82, 2.24) is 9.80 Å². The summed E-state index contributed by atoms with van der Waals surface area (Å²) in [7, 11) is 0. The Hall–Kier alpha value is -2.03. The summed E-state index contributed by atoms with van der Waals surface area (Å²) in [6.07, 6.45) is 2.50. The molecule has 1 aromatic carbocycles. The Balaban J connectivity index is 1.69. The Morgan fingerprint density at radius 1 is 1.34 bits per heavy atom. The number of carbonyl (C=O) groups is 3. The Morgan fingerprint density at radius 2 is 2.07 bits per heavy atom. The third kappa shape index (κ3) is 5.32. The van der Waals surface area contributed by atoms with Gasteiger partial charge in [0, 0.05) is 13.1 Å². The molecule has 2 fully saturated rings. The molecule has 2 saturated heterocycles. The van der Waals surface area contributed by atoms with Crippen LogP contribution in [0.15, 0.2) is 23.1 Å². The molecule has 7 nitrogen and oxygen atoms in total. The number of hydrogen-bond acceptors (Lipinski definition) is 6. The van der Waals surface area contributed by atoms with Crippen LogP contribution in [0.4, 0.5) is 4.79 Å². The molecule has 29 heavy (non-hydrogen) atoms. The first kappa shape index (κ1) is 21.7. The summed E-state index contributed by atoms with van der Waals surface area (Å²) in [5.41, 5.74) is 0.677. The van der Waals surface area contributed by atoms with E-state index >= 15 is 0 Å². The summed E-state index contributed by atoms with van der Waals surface area (Å²) >= 11 is 7.10. The molecule has 3 rings (SSSR count). The summed E-state index contributed by atoms with van der Waals surface area (Å²) in [6.45, 7) is 5.58. The summed E-state index contributed by atoms with van der Waals surface area (Å²) in [5.74, 6) is -0.161. The van der Waals surface area contributed by atoms with Gasteiger partial charge in [0.2, 0.25) is 5.91 Å². The van der Waals surface area contributed by atoms with Crippen LogP contribution in [-0.2, 0) is 14.3 Å². The number of thioether (sulfide) groups is 1. The number of rotatable bonds is 6. The number of amides is 3. The highest BCUT2D eigenvalue weighted by Gasteiger charge is 2.37. The molecule has 0 spiro atoms. The van der Waals surface area contributed by atoms with Gasteiger partial charge in [-0.15, -0.1) is 0 Å². The maximum Gasteiger partial charge on any atom is 0.294 e. The van der Waals surface area contributed by atoms with Gasteiger partial charge in [0.15, 0.2) is 0 Å². The van der Waals surface area contributed by atoms with E-state index in [1.54, 1.807) is 29.2 Å². The van der Waals surface area contributed by atoms with Crippen LogP contribution >= 0.6 is 23.4 Å². The smallest absolute Gasteiger partial charge is 0.294 e. The summed E-state index contributed by atoms with van der Waals surface area (Å²) < 4.78 is 11.0. The number of morpholine rings is 1. The monoisotopic (exact) mass is 438 g/mol. The lowest BCUT2D eigenvalue weighted by molar-refractivity contribution is -0.139. The van der Waals surface area contributed by atoms with Gasteiger partial charge in [-0.1, -0.05) is 24.6 Å². The van der Waals surface area contributed by atoms with Crippen molar-refractivity contribution in [2.45, 2.75) is 26.4 Å². The van der Waals surface area contributed by atoms with Crippen LogP contribution < -0.4 is 4.74 Å². The summed E-state index contributed by atoms with van der Waals surface area (Å²) in [4.78, 5) is 40.1. The molecule has 156 valence electrons. The van der Waals surface area contributed by atoms with Crippen molar-refractivity contribution in [2.75, 3.05) is 32.8 Å². The molecule has 0 aromatic heterocycles. The molecule has 0 radical (unpaired) electrons. The maximum atomic E-state index is 12.6. The normalized spacial score (nSPS) is 19.8. The minimum absolute atomic E-state index is 0.0406. The fourth-order valence-corrected chi connectivity index (χ4v) is 3.91.